The van der Waals surface area contributed by atoms with Gasteiger partial charge in [-0.3, -0.25) is 9.59 Å². The van der Waals surface area contributed by atoms with Gasteiger partial charge in [-0.1, -0.05) is 11.6 Å². The number of carbonyl (C=O) groups is 1. The van der Waals surface area contributed by atoms with Gasteiger partial charge in [-0.15, -0.1) is 0 Å². The number of amides is 1. The van der Waals surface area contributed by atoms with Crippen molar-refractivity contribution in [3.63, 3.8) is 0 Å². The number of benzene rings is 2. The number of aromatic nitrogens is 1. The molecule has 0 aliphatic rings. The van der Waals surface area contributed by atoms with Gasteiger partial charge < -0.3 is 10.3 Å². The number of hydrogen-bond donors (Lipinski definition) is 2. The first kappa shape index (κ1) is 17.9. The summed E-state index contributed by atoms with van der Waals surface area (Å²) >= 11 is 5.82. The van der Waals surface area contributed by atoms with E-state index in [0.717, 1.165) is 24.3 Å². The molecular weight excluding hydrogens is 376 g/mol. The molecule has 134 valence electrons. The fraction of sp³-hybridized carbons (Fsp3) is 0.0588. The van der Waals surface area contributed by atoms with Crippen molar-refractivity contribution in [3.8, 4) is 0 Å². The molecule has 2 aromatic carbocycles. The number of H-pyrrole nitrogens is 1. The highest BCUT2D eigenvalue weighted by atomic mass is 35.5. The van der Waals surface area contributed by atoms with Crippen molar-refractivity contribution >= 4 is 34.1 Å². The second-order valence-electron chi connectivity index (χ2n) is 5.39. The third-order valence-corrected chi connectivity index (χ3v) is 3.92. The molecule has 0 radical (unpaired) electrons. The Kier molecular flexibility index (Phi) is 4.45. The molecule has 0 spiro atoms. The monoisotopic (exact) mass is 384 g/mol. The van der Waals surface area contributed by atoms with Crippen LogP contribution in [0.3, 0.4) is 0 Å². The van der Waals surface area contributed by atoms with Gasteiger partial charge in [0.05, 0.1) is 21.8 Å². The van der Waals surface area contributed by atoms with Crippen LogP contribution in [0, 0.1) is 5.82 Å². The van der Waals surface area contributed by atoms with Crippen LogP contribution in [0.2, 0.25) is 5.02 Å². The van der Waals surface area contributed by atoms with E-state index in [0.29, 0.717) is 11.5 Å². The summed E-state index contributed by atoms with van der Waals surface area (Å²) in [6.07, 6.45) is -4.62. The zero-order valence-corrected chi connectivity index (χ0v) is 13.5. The van der Waals surface area contributed by atoms with E-state index in [4.69, 9.17) is 11.6 Å². The van der Waals surface area contributed by atoms with Gasteiger partial charge in [-0.25, -0.2) is 4.39 Å². The highest BCUT2D eigenvalue weighted by Gasteiger charge is 2.31. The second kappa shape index (κ2) is 6.45. The molecule has 0 bridgehead atoms. The minimum Gasteiger partial charge on any atom is -0.321 e. The molecule has 0 aliphatic heterocycles. The van der Waals surface area contributed by atoms with Crippen molar-refractivity contribution in [3.05, 3.63) is 74.8 Å². The number of halogens is 5. The Morgan fingerprint density at radius 3 is 2.50 bits per heavy atom. The predicted molar refractivity (Wildman–Crippen MR) is 88.9 cm³/mol. The van der Waals surface area contributed by atoms with E-state index in [9.17, 15) is 27.2 Å². The molecule has 1 heterocycles. The highest BCUT2D eigenvalue weighted by molar-refractivity contribution is 6.34. The van der Waals surface area contributed by atoms with Crippen LogP contribution in [0.25, 0.3) is 10.9 Å². The summed E-state index contributed by atoms with van der Waals surface area (Å²) < 4.78 is 51.6. The molecule has 0 saturated carbocycles. The van der Waals surface area contributed by atoms with Crippen LogP contribution in [-0.2, 0) is 6.18 Å². The Hall–Kier alpha value is -2.87. The first-order chi connectivity index (χ1) is 12.1. The topological polar surface area (TPSA) is 62.0 Å². The Labute approximate surface area is 148 Å². The number of nitrogens with one attached hydrogen (secondary N) is 2. The summed E-state index contributed by atoms with van der Waals surface area (Å²) in [6.45, 7) is 0. The molecule has 1 aromatic heterocycles. The van der Waals surface area contributed by atoms with Gasteiger partial charge in [0.1, 0.15) is 11.4 Å². The largest absolute Gasteiger partial charge is 0.416 e. The first-order valence-corrected chi connectivity index (χ1v) is 7.53. The zero-order valence-electron chi connectivity index (χ0n) is 12.7. The van der Waals surface area contributed by atoms with Gasteiger partial charge in [0.25, 0.3) is 11.5 Å². The summed E-state index contributed by atoms with van der Waals surface area (Å²) in [6, 6.07) is 7.24. The van der Waals surface area contributed by atoms with Crippen molar-refractivity contribution in [2.45, 2.75) is 6.18 Å². The number of aromatic amines is 1. The van der Waals surface area contributed by atoms with Gasteiger partial charge >= 0.3 is 6.18 Å². The lowest BCUT2D eigenvalue weighted by molar-refractivity contribution is -0.137. The Morgan fingerprint density at radius 1 is 1.08 bits per heavy atom. The summed E-state index contributed by atoms with van der Waals surface area (Å²) in [5.74, 6) is -1.51. The van der Waals surface area contributed by atoms with Crippen molar-refractivity contribution in [2.75, 3.05) is 5.32 Å². The maximum atomic E-state index is 13.2. The molecule has 3 aromatic rings. The van der Waals surface area contributed by atoms with Crippen molar-refractivity contribution in [2.24, 2.45) is 0 Å². The summed E-state index contributed by atoms with van der Waals surface area (Å²) in [5, 5.41) is 2.45. The van der Waals surface area contributed by atoms with Gasteiger partial charge in [0, 0.05) is 0 Å². The molecule has 9 heteroatoms. The second-order valence-corrected chi connectivity index (χ2v) is 5.80. The van der Waals surface area contributed by atoms with Crippen molar-refractivity contribution in [1.29, 1.82) is 0 Å². The van der Waals surface area contributed by atoms with E-state index in [1.807, 2.05) is 0 Å². The first-order valence-electron chi connectivity index (χ1n) is 7.16. The number of carbonyl (C=O) groups excluding carboxylic acids is 1. The molecule has 0 aliphatic carbocycles. The molecule has 0 unspecified atom stereocenters. The summed E-state index contributed by atoms with van der Waals surface area (Å²) in [4.78, 5) is 26.7. The molecule has 0 atom stereocenters. The minimum absolute atomic E-state index is 0.120. The van der Waals surface area contributed by atoms with Crippen LogP contribution >= 0.6 is 11.6 Å². The molecule has 0 saturated heterocycles. The SMILES string of the molecule is O=C(Nc1cc(C(F)(F)F)ccc1Cl)c1cc2ccc(F)cc2[nH]c1=O. The molecule has 3 rings (SSSR count). The number of alkyl halides is 3. The normalized spacial score (nSPS) is 11.6. The lowest BCUT2D eigenvalue weighted by Gasteiger charge is -2.11. The van der Waals surface area contributed by atoms with Crippen LogP contribution in [0.5, 0.6) is 0 Å². The molecule has 2 N–H and O–H groups in total. The summed E-state index contributed by atoms with van der Waals surface area (Å²) in [5.41, 5.74) is -2.27. The van der Waals surface area contributed by atoms with Gasteiger partial charge in [0.2, 0.25) is 0 Å². The Morgan fingerprint density at radius 2 is 1.81 bits per heavy atom. The van der Waals surface area contributed by atoms with Crippen molar-refractivity contribution < 1.29 is 22.4 Å². The number of fused-ring (bicyclic) bond motifs is 1. The predicted octanol–water partition coefficient (Wildman–Crippen LogP) is 4.59. The molecule has 4 nitrogen and oxygen atoms in total. The molecule has 1 amide bonds. The average Bonchev–Trinajstić information content (AvgIpc) is 2.55. The molecular formula is C17H9ClF4N2O2. The van der Waals surface area contributed by atoms with E-state index in [2.05, 4.69) is 10.3 Å². The van der Waals surface area contributed by atoms with Crippen LogP contribution < -0.4 is 10.9 Å². The van der Waals surface area contributed by atoms with E-state index in [1.54, 1.807) is 0 Å². The Bertz CT molecular complexity index is 1080. The zero-order chi connectivity index (χ0) is 19.1. The van der Waals surface area contributed by atoms with Crippen LogP contribution in [0.4, 0.5) is 23.2 Å². The van der Waals surface area contributed by atoms with E-state index < -0.39 is 29.0 Å². The van der Waals surface area contributed by atoms with Crippen molar-refractivity contribution in [1.82, 2.24) is 4.98 Å². The third kappa shape index (κ3) is 3.55. The standard InChI is InChI=1S/C17H9ClF4N2O2/c18-12-4-2-9(17(20,21)22)6-14(12)24-16(26)11-5-8-1-3-10(19)7-13(8)23-15(11)25/h1-7H,(H,23,25)(H,24,26). The van der Waals surface area contributed by atoms with E-state index in [-0.39, 0.29) is 21.8 Å². The molecule has 26 heavy (non-hydrogen) atoms. The smallest absolute Gasteiger partial charge is 0.321 e. The minimum atomic E-state index is -4.62. The number of hydrogen-bond acceptors (Lipinski definition) is 2. The number of pyridine rings is 1. The fourth-order valence-corrected chi connectivity index (χ4v) is 2.49. The molecule has 0 fully saturated rings. The maximum Gasteiger partial charge on any atom is 0.416 e. The van der Waals surface area contributed by atoms with Gasteiger partial charge in [-0.2, -0.15) is 13.2 Å². The van der Waals surface area contributed by atoms with E-state index >= 15 is 0 Å². The van der Waals surface area contributed by atoms with Crippen LogP contribution in [0.1, 0.15) is 15.9 Å². The third-order valence-electron chi connectivity index (χ3n) is 3.59. The number of rotatable bonds is 2. The quantitative estimate of drug-likeness (QED) is 0.635. The maximum absolute atomic E-state index is 13.2. The lowest BCUT2D eigenvalue weighted by atomic mass is 10.1. The number of anilines is 1. The highest BCUT2D eigenvalue weighted by Crippen LogP contribution is 2.33. The van der Waals surface area contributed by atoms with Gasteiger partial charge in [0.15, 0.2) is 0 Å². The average molecular weight is 385 g/mol. The van der Waals surface area contributed by atoms with Crippen LogP contribution in [-0.4, -0.2) is 10.9 Å². The Balaban J connectivity index is 1.98. The lowest BCUT2D eigenvalue weighted by Crippen LogP contribution is -2.23. The van der Waals surface area contributed by atoms with Gasteiger partial charge in [-0.05, 0) is 47.9 Å². The summed E-state index contributed by atoms with van der Waals surface area (Å²) in [7, 11) is 0. The fourth-order valence-electron chi connectivity index (χ4n) is 2.33. The van der Waals surface area contributed by atoms with E-state index in [1.165, 1.54) is 12.1 Å². The van der Waals surface area contributed by atoms with Crippen LogP contribution in [0.15, 0.2) is 47.3 Å².